The van der Waals surface area contributed by atoms with Gasteiger partial charge in [-0.3, -0.25) is 4.79 Å². The summed E-state index contributed by atoms with van der Waals surface area (Å²) in [5, 5.41) is 14.4. The summed E-state index contributed by atoms with van der Waals surface area (Å²) in [4.78, 5) is 25.6. The minimum atomic E-state index is -0.576. The first-order chi connectivity index (χ1) is 11.7. The molecule has 1 N–H and O–H groups in total. The van der Waals surface area contributed by atoms with Crippen molar-refractivity contribution in [2.45, 2.75) is 19.3 Å². The van der Waals surface area contributed by atoms with E-state index in [-0.39, 0.29) is 6.61 Å². The normalized spacial score (nSPS) is 12.8. The lowest BCUT2D eigenvalue weighted by Gasteiger charge is -2.04. The lowest BCUT2D eigenvalue weighted by Crippen LogP contribution is -2.20. The molecule has 0 unspecified atom stereocenters. The Morgan fingerprint density at radius 3 is 3.04 bits per heavy atom. The molecule has 3 rings (SSSR count). The Hall–Kier alpha value is -2.43. The van der Waals surface area contributed by atoms with E-state index in [2.05, 4.69) is 11.4 Å². The zero-order chi connectivity index (χ0) is 16.9. The van der Waals surface area contributed by atoms with E-state index in [4.69, 9.17) is 4.74 Å². The van der Waals surface area contributed by atoms with Gasteiger partial charge in [-0.05, 0) is 42.3 Å². The second-order valence-electron chi connectivity index (χ2n) is 5.18. The average Bonchev–Trinajstić information content (AvgIpc) is 3.28. The van der Waals surface area contributed by atoms with Crippen molar-refractivity contribution in [3.63, 3.8) is 0 Å². The number of thiophene rings is 2. The van der Waals surface area contributed by atoms with Crippen molar-refractivity contribution in [1.82, 2.24) is 0 Å². The van der Waals surface area contributed by atoms with Gasteiger partial charge in [-0.2, -0.15) is 5.26 Å². The standard InChI is InChI=1S/C17H14N2O3S2/c18-9-13-12-4-1-5-14(12)24-17(13)19-15(20)10-22-16(21)7-6-11-3-2-8-23-11/h2-3,6-8H,1,4-5,10H2,(H,19,20)/b7-6+. The minimum Gasteiger partial charge on any atom is -0.452 e. The molecule has 2 heterocycles. The molecular formula is C17H14N2O3S2. The number of rotatable bonds is 5. The molecule has 1 aliphatic carbocycles. The molecule has 122 valence electrons. The minimum absolute atomic E-state index is 0.374. The molecule has 0 aromatic carbocycles. The summed E-state index contributed by atoms with van der Waals surface area (Å²) in [6.45, 7) is -0.374. The number of esters is 1. The maximum Gasteiger partial charge on any atom is 0.331 e. The average molecular weight is 358 g/mol. The lowest BCUT2D eigenvalue weighted by atomic mass is 10.1. The van der Waals surface area contributed by atoms with Crippen molar-refractivity contribution >= 4 is 45.6 Å². The second-order valence-corrected chi connectivity index (χ2v) is 7.26. The molecule has 2 aromatic rings. The largest absolute Gasteiger partial charge is 0.452 e. The van der Waals surface area contributed by atoms with Gasteiger partial charge in [0.1, 0.15) is 11.1 Å². The maximum absolute atomic E-state index is 11.9. The number of nitriles is 1. The summed E-state index contributed by atoms with van der Waals surface area (Å²) in [5.41, 5.74) is 1.60. The van der Waals surface area contributed by atoms with Gasteiger partial charge in [-0.15, -0.1) is 22.7 Å². The highest BCUT2D eigenvalue weighted by atomic mass is 32.1. The van der Waals surface area contributed by atoms with Crippen LogP contribution >= 0.6 is 22.7 Å². The summed E-state index contributed by atoms with van der Waals surface area (Å²) in [5.74, 6) is -1.02. The zero-order valence-corrected chi connectivity index (χ0v) is 14.3. The van der Waals surface area contributed by atoms with Gasteiger partial charge >= 0.3 is 5.97 Å². The van der Waals surface area contributed by atoms with Crippen LogP contribution in [0, 0.1) is 11.3 Å². The summed E-state index contributed by atoms with van der Waals surface area (Å²) in [6.07, 6.45) is 5.82. The number of hydrogen-bond donors (Lipinski definition) is 1. The van der Waals surface area contributed by atoms with Gasteiger partial charge in [0, 0.05) is 15.8 Å². The van der Waals surface area contributed by atoms with E-state index < -0.39 is 11.9 Å². The molecule has 0 atom stereocenters. The fourth-order valence-electron chi connectivity index (χ4n) is 2.49. The number of carbonyl (C=O) groups is 2. The van der Waals surface area contributed by atoms with Crippen molar-refractivity contribution in [3.8, 4) is 6.07 Å². The number of nitrogens with zero attached hydrogens (tertiary/aromatic N) is 1. The number of fused-ring (bicyclic) bond motifs is 1. The molecule has 0 fully saturated rings. The molecule has 0 radical (unpaired) electrons. The topological polar surface area (TPSA) is 79.2 Å². The summed E-state index contributed by atoms with van der Waals surface area (Å²) in [6, 6.07) is 5.92. The highest BCUT2D eigenvalue weighted by Gasteiger charge is 2.23. The van der Waals surface area contributed by atoms with Gasteiger partial charge in [-0.1, -0.05) is 6.07 Å². The van der Waals surface area contributed by atoms with Crippen molar-refractivity contribution in [1.29, 1.82) is 5.26 Å². The molecule has 7 heteroatoms. The number of aryl methyl sites for hydroxylation is 1. The van der Waals surface area contributed by atoms with Crippen LogP contribution in [-0.2, 0) is 27.2 Å². The fraction of sp³-hybridized carbons (Fsp3) is 0.235. The molecule has 0 aliphatic heterocycles. The third-order valence-electron chi connectivity index (χ3n) is 3.56. The van der Waals surface area contributed by atoms with Crippen molar-refractivity contribution in [3.05, 3.63) is 44.5 Å². The first-order valence-corrected chi connectivity index (χ1v) is 9.10. The Morgan fingerprint density at radius 1 is 1.42 bits per heavy atom. The molecule has 1 aliphatic rings. The molecule has 0 saturated carbocycles. The van der Waals surface area contributed by atoms with Crippen LogP contribution in [0.4, 0.5) is 5.00 Å². The summed E-state index contributed by atoms with van der Waals surface area (Å²) >= 11 is 2.94. The van der Waals surface area contributed by atoms with Gasteiger partial charge < -0.3 is 10.1 Å². The van der Waals surface area contributed by atoms with Crippen LogP contribution in [0.25, 0.3) is 6.08 Å². The Kier molecular flexibility index (Phi) is 5.08. The van der Waals surface area contributed by atoms with Gasteiger partial charge in [0.15, 0.2) is 6.61 Å². The van der Waals surface area contributed by atoms with E-state index in [1.165, 1.54) is 28.7 Å². The monoisotopic (exact) mass is 358 g/mol. The van der Waals surface area contributed by atoms with E-state index in [1.54, 1.807) is 6.08 Å². The number of carbonyl (C=O) groups excluding carboxylic acids is 2. The van der Waals surface area contributed by atoms with Crippen LogP contribution in [-0.4, -0.2) is 18.5 Å². The van der Waals surface area contributed by atoms with E-state index >= 15 is 0 Å². The van der Waals surface area contributed by atoms with Crippen LogP contribution in [0.5, 0.6) is 0 Å². The van der Waals surface area contributed by atoms with Crippen LogP contribution in [0.3, 0.4) is 0 Å². The highest BCUT2D eigenvalue weighted by molar-refractivity contribution is 7.16. The van der Waals surface area contributed by atoms with Crippen LogP contribution in [0.15, 0.2) is 23.6 Å². The molecule has 5 nitrogen and oxygen atoms in total. The summed E-state index contributed by atoms with van der Waals surface area (Å²) < 4.78 is 4.91. The van der Waals surface area contributed by atoms with Crippen molar-refractivity contribution in [2.24, 2.45) is 0 Å². The molecule has 2 aromatic heterocycles. The third-order valence-corrected chi connectivity index (χ3v) is 5.60. The van der Waals surface area contributed by atoms with Crippen LogP contribution in [0.1, 0.15) is 27.3 Å². The lowest BCUT2D eigenvalue weighted by molar-refractivity contribution is -0.142. The quantitative estimate of drug-likeness (QED) is 0.656. The van der Waals surface area contributed by atoms with Gasteiger partial charge in [-0.25, -0.2) is 4.79 Å². The smallest absolute Gasteiger partial charge is 0.331 e. The maximum atomic E-state index is 11.9. The molecule has 0 bridgehead atoms. The molecule has 24 heavy (non-hydrogen) atoms. The van der Waals surface area contributed by atoms with Gasteiger partial charge in [0.05, 0.1) is 5.56 Å². The Balaban J connectivity index is 1.53. The fourth-order valence-corrected chi connectivity index (χ4v) is 4.37. The summed E-state index contributed by atoms with van der Waals surface area (Å²) in [7, 11) is 0. The highest BCUT2D eigenvalue weighted by Crippen LogP contribution is 2.38. The van der Waals surface area contributed by atoms with Crippen molar-refractivity contribution < 1.29 is 14.3 Å². The molecule has 0 saturated heterocycles. The zero-order valence-electron chi connectivity index (χ0n) is 12.7. The Labute approximate surface area is 147 Å². The first kappa shape index (κ1) is 16.4. The Bertz CT molecular complexity index is 829. The third kappa shape index (κ3) is 3.72. The molecule has 0 spiro atoms. The van der Waals surface area contributed by atoms with E-state index in [0.717, 1.165) is 34.6 Å². The SMILES string of the molecule is N#Cc1c(NC(=O)COC(=O)/C=C/c2cccs2)sc2c1CCC2. The van der Waals surface area contributed by atoms with E-state index in [0.29, 0.717) is 10.6 Å². The predicted molar refractivity (Wildman–Crippen MR) is 94.0 cm³/mol. The van der Waals surface area contributed by atoms with Gasteiger partial charge in [0.2, 0.25) is 0 Å². The van der Waals surface area contributed by atoms with Crippen LogP contribution < -0.4 is 5.32 Å². The van der Waals surface area contributed by atoms with Gasteiger partial charge in [0.25, 0.3) is 5.91 Å². The first-order valence-electron chi connectivity index (χ1n) is 7.40. The number of amides is 1. The number of nitrogens with one attached hydrogen (secondary N) is 1. The van der Waals surface area contributed by atoms with Crippen LogP contribution in [0.2, 0.25) is 0 Å². The predicted octanol–water partition coefficient (Wildman–Crippen LogP) is 3.37. The molecular weight excluding hydrogens is 344 g/mol. The number of hydrogen-bond acceptors (Lipinski definition) is 6. The number of ether oxygens (including phenoxy) is 1. The molecule has 1 amide bonds. The Morgan fingerprint density at radius 2 is 2.29 bits per heavy atom. The van der Waals surface area contributed by atoms with E-state index in [1.807, 2.05) is 17.5 Å². The van der Waals surface area contributed by atoms with E-state index in [9.17, 15) is 14.9 Å². The number of anilines is 1. The second kappa shape index (κ2) is 7.43. The van der Waals surface area contributed by atoms with Crippen molar-refractivity contribution in [2.75, 3.05) is 11.9 Å².